The van der Waals surface area contributed by atoms with Gasteiger partial charge in [-0.3, -0.25) is 0 Å². The van der Waals surface area contributed by atoms with E-state index in [-0.39, 0.29) is 5.56 Å². The largest absolute Gasteiger partial charge is 0.495 e. The number of imidazole rings is 1. The SMILES string of the molecule is COc1cc(/C=C/c2nc3n(n2)CCC[C@@]3(O)c2ccccc2F)ccc1-n1cnc(C)c1. The molecule has 0 radical (unpaired) electrons. The van der Waals surface area contributed by atoms with E-state index in [0.717, 1.165) is 16.9 Å². The number of aryl methyl sites for hydroxylation is 2. The van der Waals surface area contributed by atoms with Crippen molar-refractivity contribution in [2.75, 3.05) is 7.11 Å². The van der Waals surface area contributed by atoms with Crippen LogP contribution in [0.25, 0.3) is 17.8 Å². The van der Waals surface area contributed by atoms with Gasteiger partial charge in [0, 0.05) is 18.3 Å². The summed E-state index contributed by atoms with van der Waals surface area (Å²) in [5.74, 6) is 1.08. The van der Waals surface area contributed by atoms with Gasteiger partial charge in [-0.05, 0) is 49.6 Å². The van der Waals surface area contributed by atoms with Gasteiger partial charge in [-0.15, -0.1) is 0 Å². The Kier molecular flexibility index (Phi) is 5.30. The normalized spacial score (nSPS) is 17.9. The molecule has 2 aromatic heterocycles. The second-order valence-electron chi connectivity index (χ2n) is 8.15. The molecule has 3 heterocycles. The number of benzene rings is 2. The van der Waals surface area contributed by atoms with Crippen molar-refractivity contribution in [3.63, 3.8) is 0 Å². The van der Waals surface area contributed by atoms with Gasteiger partial charge in [0.2, 0.25) is 0 Å². The van der Waals surface area contributed by atoms with Crippen molar-refractivity contribution < 1.29 is 14.2 Å². The fourth-order valence-corrected chi connectivity index (χ4v) is 4.28. The Balaban J connectivity index is 1.45. The zero-order valence-corrected chi connectivity index (χ0v) is 18.4. The molecule has 168 valence electrons. The first kappa shape index (κ1) is 21.1. The van der Waals surface area contributed by atoms with Gasteiger partial charge in [0.1, 0.15) is 11.6 Å². The lowest BCUT2D eigenvalue weighted by molar-refractivity contribution is 0.0361. The van der Waals surface area contributed by atoms with Crippen LogP contribution in [-0.4, -0.2) is 36.5 Å². The van der Waals surface area contributed by atoms with Crippen LogP contribution in [0.15, 0.2) is 55.0 Å². The molecule has 0 saturated carbocycles. The van der Waals surface area contributed by atoms with Gasteiger partial charge >= 0.3 is 0 Å². The minimum absolute atomic E-state index is 0.226. The molecule has 0 bridgehead atoms. The number of hydrogen-bond donors (Lipinski definition) is 1. The fourth-order valence-electron chi connectivity index (χ4n) is 4.28. The Bertz CT molecular complexity index is 1340. The molecule has 1 aliphatic rings. The molecule has 0 unspecified atom stereocenters. The van der Waals surface area contributed by atoms with Crippen molar-refractivity contribution in [1.29, 1.82) is 0 Å². The van der Waals surface area contributed by atoms with Crippen LogP contribution in [0.4, 0.5) is 4.39 Å². The second kappa shape index (κ2) is 8.29. The quantitative estimate of drug-likeness (QED) is 0.500. The van der Waals surface area contributed by atoms with Crippen molar-refractivity contribution in [1.82, 2.24) is 24.3 Å². The summed E-state index contributed by atoms with van der Waals surface area (Å²) in [7, 11) is 1.63. The van der Waals surface area contributed by atoms with Crippen LogP contribution in [0.2, 0.25) is 0 Å². The molecule has 0 fully saturated rings. The third-order valence-corrected chi connectivity index (χ3v) is 5.90. The maximum absolute atomic E-state index is 14.5. The number of aromatic nitrogens is 5. The summed E-state index contributed by atoms with van der Waals surface area (Å²) in [4.78, 5) is 8.82. The van der Waals surface area contributed by atoms with Crippen molar-refractivity contribution in [2.45, 2.75) is 31.9 Å². The van der Waals surface area contributed by atoms with E-state index >= 15 is 0 Å². The molecular weight excluding hydrogens is 421 g/mol. The lowest BCUT2D eigenvalue weighted by atomic mass is 9.86. The molecule has 7 nitrogen and oxygen atoms in total. The van der Waals surface area contributed by atoms with E-state index in [4.69, 9.17) is 4.74 Å². The first-order valence-corrected chi connectivity index (χ1v) is 10.8. The highest BCUT2D eigenvalue weighted by atomic mass is 19.1. The molecule has 5 rings (SSSR count). The summed E-state index contributed by atoms with van der Waals surface area (Å²) in [5, 5.41) is 15.9. The molecule has 0 spiro atoms. The maximum atomic E-state index is 14.5. The lowest BCUT2D eigenvalue weighted by Gasteiger charge is -2.31. The third kappa shape index (κ3) is 3.82. The number of halogens is 1. The van der Waals surface area contributed by atoms with Gasteiger partial charge in [-0.2, -0.15) is 5.10 Å². The molecule has 4 aromatic rings. The minimum atomic E-state index is -1.50. The highest BCUT2D eigenvalue weighted by Gasteiger charge is 2.41. The summed E-state index contributed by atoms with van der Waals surface area (Å²) in [5.41, 5.74) is 1.44. The average Bonchev–Trinajstić information content (AvgIpc) is 3.44. The first-order valence-electron chi connectivity index (χ1n) is 10.8. The summed E-state index contributed by atoms with van der Waals surface area (Å²) in [6.45, 7) is 2.56. The summed E-state index contributed by atoms with van der Waals surface area (Å²) >= 11 is 0. The number of ether oxygens (including phenoxy) is 1. The maximum Gasteiger partial charge on any atom is 0.174 e. The van der Waals surface area contributed by atoms with Gasteiger partial charge in [0.05, 0.1) is 24.8 Å². The Morgan fingerprint density at radius 1 is 1.18 bits per heavy atom. The predicted molar refractivity (Wildman–Crippen MR) is 122 cm³/mol. The Labute approximate surface area is 190 Å². The topological polar surface area (TPSA) is 78.0 Å². The smallest absolute Gasteiger partial charge is 0.174 e. The molecule has 1 aliphatic heterocycles. The van der Waals surface area contributed by atoms with E-state index < -0.39 is 11.4 Å². The minimum Gasteiger partial charge on any atom is -0.495 e. The van der Waals surface area contributed by atoms with Crippen molar-refractivity contribution >= 4 is 12.2 Å². The molecule has 1 N–H and O–H groups in total. The third-order valence-electron chi connectivity index (χ3n) is 5.90. The molecule has 0 saturated heterocycles. The average molecular weight is 445 g/mol. The number of methoxy groups -OCH3 is 1. The second-order valence-corrected chi connectivity index (χ2v) is 8.15. The van der Waals surface area contributed by atoms with Crippen molar-refractivity contribution in [3.05, 3.63) is 89.3 Å². The molecule has 0 amide bonds. The zero-order chi connectivity index (χ0) is 23.0. The van der Waals surface area contributed by atoms with Crippen molar-refractivity contribution in [3.8, 4) is 11.4 Å². The van der Waals surface area contributed by atoms with E-state index in [1.54, 1.807) is 42.4 Å². The van der Waals surface area contributed by atoms with Crippen LogP contribution in [0.3, 0.4) is 0 Å². The molecule has 8 heteroatoms. The highest BCUT2D eigenvalue weighted by Crippen LogP contribution is 2.37. The summed E-state index contributed by atoms with van der Waals surface area (Å²) < 4.78 is 23.6. The first-order chi connectivity index (χ1) is 16.0. The van der Waals surface area contributed by atoms with E-state index in [1.165, 1.54) is 6.07 Å². The highest BCUT2D eigenvalue weighted by molar-refractivity contribution is 5.69. The van der Waals surface area contributed by atoms with Crippen LogP contribution in [0, 0.1) is 12.7 Å². The Morgan fingerprint density at radius 2 is 2.03 bits per heavy atom. The van der Waals surface area contributed by atoms with E-state index in [9.17, 15) is 9.50 Å². The van der Waals surface area contributed by atoms with Crippen LogP contribution < -0.4 is 4.74 Å². The molecular formula is C25H24FN5O2. The molecule has 1 atom stereocenters. The Hall–Kier alpha value is -3.78. The standard InChI is InChI=1S/C25H24FN5O2/c1-17-15-30(16-27-17)21-10-8-18(14-22(21)33-2)9-11-23-28-24-25(32,12-5-13-31(24)29-23)19-6-3-4-7-20(19)26/h3-4,6-11,14-16,32H,5,12-13H2,1-2H3/b11-9+/t25-/m1/s1. The monoisotopic (exact) mass is 445 g/mol. The summed E-state index contributed by atoms with van der Waals surface area (Å²) in [6.07, 6.45) is 8.42. The Morgan fingerprint density at radius 3 is 2.79 bits per heavy atom. The van der Waals surface area contributed by atoms with Crippen LogP contribution in [0.5, 0.6) is 5.75 Å². The van der Waals surface area contributed by atoms with Crippen LogP contribution in [0.1, 0.15) is 41.3 Å². The number of fused-ring (bicyclic) bond motifs is 1. The molecule has 2 aromatic carbocycles. The van der Waals surface area contributed by atoms with Gasteiger partial charge in [-0.1, -0.05) is 30.3 Å². The van der Waals surface area contributed by atoms with Crippen LogP contribution >= 0.6 is 0 Å². The zero-order valence-electron chi connectivity index (χ0n) is 18.4. The number of nitrogens with zero attached hydrogens (tertiary/aromatic N) is 5. The number of aliphatic hydroxyl groups is 1. The molecule has 0 aliphatic carbocycles. The van der Waals surface area contributed by atoms with Crippen molar-refractivity contribution in [2.24, 2.45) is 0 Å². The van der Waals surface area contributed by atoms with Gasteiger partial charge < -0.3 is 14.4 Å². The fraction of sp³-hybridized carbons (Fsp3) is 0.240. The van der Waals surface area contributed by atoms with E-state index in [1.807, 2.05) is 42.0 Å². The van der Waals surface area contributed by atoms with Crippen LogP contribution in [-0.2, 0) is 12.1 Å². The number of hydrogen-bond acceptors (Lipinski definition) is 5. The van der Waals surface area contributed by atoms with E-state index in [0.29, 0.717) is 36.8 Å². The predicted octanol–water partition coefficient (Wildman–Crippen LogP) is 4.12. The lowest BCUT2D eigenvalue weighted by Crippen LogP contribution is -2.36. The molecule has 33 heavy (non-hydrogen) atoms. The van der Waals surface area contributed by atoms with Gasteiger partial charge in [0.15, 0.2) is 17.2 Å². The van der Waals surface area contributed by atoms with Gasteiger partial charge in [0.25, 0.3) is 0 Å². The summed E-state index contributed by atoms with van der Waals surface area (Å²) in [6, 6.07) is 12.1. The number of rotatable bonds is 5. The van der Waals surface area contributed by atoms with Gasteiger partial charge in [-0.25, -0.2) is 19.0 Å². The van der Waals surface area contributed by atoms with E-state index in [2.05, 4.69) is 15.1 Å².